The second kappa shape index (κ2) is 2.82. The molecule has 3 N–H and O–H groups in total. The Balaban J connectivity index is 2.39. The van der Waals surface area contributed by atoms with Gasteiger partial charge in [0.05, 0.1) is 10.2 Å². The van der Waals surface area contributed by atoms with Gasteiger partial charge in [0.25, 0.3) is 0 Å². The van der Waals surface area contributed by atoms with Crippen molar-refractivity contribution in [1.29, 1.82) is 0 Å². The number of hydrogen-bond donors (Lipinski definition) is 2. The fourth-order valence-corrected chi connectivity index (χ4v) is 2.26. The van der Waals surface area contributed by atoms with Gasteiger partial charge in [0.1, 0.15) is 0 Å². The minimum atomic E-state index is -0.456. The van der Waals surface area contributed by atoms with Gasteiger partial charge >= 0.3 is 5.69 Å². The van der Waals surface area contributed by atoms with Gasteiger partial charge in [0.15, 0.2) is 5.65 Å². The molecule has 0 atom stereocenters. The van der Waals surface area contributed by atoms with E-state index in [2.05, 4.69) is 31.0 Å². The normalized spacial score (nSPS) is 16.1. The molecular formula is C8H8BrN5O. The maximum atomic E-state index is 11.1. The van der Waals surface area contributed by atoms with E-state index in [1.807, 2.05) is 0 Å². The Bertz CT molecular complexity index is 597. The third-order valence-electron chi connectivity index (χ3n) is 2.47. The number of fused-ring (bicyclic) bond motifs is 1. The quantitative estimate of drug-likeness (QED) is 0.795. The molecule has 78 valence electrons. The van der Waals surface area contributed by atoms with Crippen molar-refractivity contribution in [3.8, 4) is 0 Å². The van der Waals surface area contributed by atoms with Gasteiger partial charge in [-0.05, 0) is 28.8 Å². The molecule has 0 aliphatic heterocycles. The maximum absolute atomic E-state index is 11.1. The monoisotopic (exact) mass is 269 g/mol. The van der Waals surface area contributed by atoms with Crippen molar-refractivity contribution in [3.05, 3.63) is 20.7 Å². The molecule has 2 aromatic heterocycles. The number of aromatic amines is 1. The molecule has 3 rings (SSSR count). The Morgan fingerprint density at radius 3 is 2.93 bits per heavy atom. The fourth-order valence-electron chi connectivity index (χ4n) is 1.59. The lowest BCUT2D eigenvalue weighted by Crippen LogP contribution is -2.16. The molecular weight excluding hydrogens is 262 g/mol. The average molecular weight is 270 g/mol. The van der Waals surface area contributed by atoms with Crippen molar-refractivity contribution in [3.63, 3.8) is 0 Å². The Kier molecular flexibility index (Phi) is 1.67. The molecule has 1 saturated carbocycles. The zero-order chi connectivity index (χ0) is 10.6. The van der Waals surface area contributed by atoms with Crippen LogP contribution in [0, 0.1) is 0 Å². The minimum absolute atomic E-state index is 0.112. The maximum Gasteiger partial charge on any atom is 0.349 e. The first-order valence-electron chi connectivity index (χ1n) is 4.60. The van der Waals surface area contributed by atoms with E-state index >= 15 is 0 Å². The summed E-state index contributed by atoms with van der Waals surface area (Å²) in [6, 6.07) is 0. The van der Waals surface area contributed by atoms with Crippen LogP contribution in [0.1, 0.15) is 24.5 Å². The largest absolute Gasteiger partial charge is 0.368 e. The van der Waals surface area contributed by atoms with Gasteiger partial charge in [-0.25, -0.2) is 4.79 Å². The summed E-state index contributed by atoms with van der Waals surface area (Å²) in [6.45, 7) is 0. The van der Waals surface area contributed by atoms with E-state index in [4.69, 9.17) is 5.73 Å². The van der Waals surface area contributed by atoms with Crippen LogP contribution in [0.15, 0.2) is 9.27 Å². The van der Waals surface area contributed by atoms with Gasteiger partial charge < -0.3 is 5.73 Å². The lowest BCUT2D eigenvalue weighted by Gasteiger charge is -1.94. The van der Waals surface area contributed by atoms with Crippen molar-refractivity contribution >= 4 is 27.5 Å². The van der Waals surface area contributed by atoms with E-state index in [1.54, 1.807) is 0 Å². The summed E-state index contributed by atoms with van der Waals surface area (Å²) in [5, 5.41) is 4.33. The lowest BCUT2D eigenvalue weighted by atomic mass is 10.3. The summed E-state index contributed by atoms with van der Waals surface area (Å²) in [6.07, 6.45) is 2.28. The topological polar surface area (TPSA) is 89.1 Å². The predicted octanol–water partition coefficient (Wildman–Crippen LogP) is 0.640. The average Bonchev–Trinajstić information content (AvgIpc) is 2.94. The first kappa shape index (κ1) is 8.90. The molecule has 15 heavy (non-hydrogen) atoms. The third-order valence-corrected chi connectivity index (χ3v) is 3.26. The van der Waals surface area contributed by atoms with Crippen LogP contribution in [0.4, 0.5) is 5.95 Å². The molecule has 0 bridgehead atoms. The van der Waals surface area contributed by atoms with Crippen LogP contribution >= 0.6 is 15.9 Å². The van der Waals surface area contributed by atoms with Gasteiger partial charge in [-0.3, -0.25) is 4.98 Å². The first-order chi connectivity index (χ1) is 7.16. The van der Waals surface area contributed by atoms with E-state index in [9.17, 15) is 4.79 Å². The summed E-state index contributed by atoms with van der Waals surface area (Å²) in [5.74, 6) is 0.600. The molecule has 0 unspecified atom stereocenters. The number of nitrogens with zero attached hydrogens (tertiary/aromatic N) is 3. The molecule has 6 nitrogen and oxygen atoms in total. The van der Waals surface area contributed by atoms with Gasteiger partial charge in [0.2, 0.25) is 5.95 Å². The number of rotatable bonds is 1. The number of anilines is 1. The number of aromatic nitrogens is 4. The van der Waals surface area contributed by atoms with Crippen LogP contribution in [-0.2, 0) is 0 Å². The Labute approximate surface area is 92.6 Å². The Morgan fingerprint density at radius 2 is 2.27 bits per heavy atom. The minimum Gasteiger partial charge on any atom is -0.368 e. The van der Waals surface area contributed by atoms with Gasteiger partial charge in [-0.1, -0.05) is 0 Å². The molecule has 0 spiro atoms. The molecule has 0 amide bonds. The second-order valence-corrected chi connectivity index (χ2v) is 4.43. The zero-order valence-electron chi connectivity index (χ0n) is 7.70. The molecule has 0 saturated heterocycles. The SMILES string of the molecule is Nc1nc(=O)[nH]c2c(Br)c(C3CC3)nn12. The molecule has 1 aliphatic carbocycles. The summed E-state index contributed by atoms with van der Waals surface area (Å²) in [4.78, 5) is 17.3. The molecule has 1 aliphatic rings. The van der Waals surface area contributed by atoms with Crippen LogP contribution < -0.4 is 11.4 Å². The highest BCUT2D eigenvalue weighted by Crippen LogP contribution is 2.43. The number of nitrogen functional groups attached to an aromatic ring is 1. The van der Waals surface area contributed by atoms with Crippen LogP contribution in [-0.4, -0.2) is 19.6 Å². The van der Waals surface area contributed by atoms with Crippen LogP contribution in [0.5, 0.6) is 0 Å². The van der Waals surface area contributed by atoms with Crippen LogP contribution in [0.25, 0.3) is 5.65 Å². The number of nitrogens with two attached hydrogens (primary N) is 1. The summed E-state index contributed by atoms with van der Waals surface area (Å²) >= 11 is 3.42. The van der Waals surface area contributed by atoms with Gasteiger partial charge in [0, 0.05) is 5.92 Å². The van der Waals surface area contributed by atoms with Crippen LogP contribution in [0.2, 0.25) is 0 Å². The summed E-state index contributed by atoms with van der Waals surface area (Å²) in [7, 11) is 0. The smallest absolute Gasteiger partial charge is 0.349 e. The van der Waals surface area contributed by atoms with Crippen molar-refractivity contribution in [1.82, 2.24) is 19.6 Å². The second-order valence-electron chi connectivity index (χ2n) is 3.63. The van der Waals surface area contributed by atoms with Crippen molar-refractivity contribution in [2.45, 2.75) is 18.8 Å². The predicted molar refractivity (Wildman–Crippen MR) is 57.7 cm³/mol. The number of halogens is 1. The van der Waals surface area contributed by atoms with Gasteiger partial charge in [-0.15, -0.1) is 0 Å². The van der Waals surface area contributed by atoms with Crippen LogP contribution in [0.3, 0.4) is 0 Å². The fraction of sp³-hybridized carbons (Fsp3) is 0.375. The zero-order valence-corrected chi connectivity index (χ0v) is 9.28. The van der Waals surface area contributed by atoms with E-state index in [0.29, 0.717) is 11.6 Å². The molecule has 0 aromatic carbocycles. The number of H-pyrrole nitrogens is 1. The third kappa shape index (κ3) is 1.26. The molecule has 7 heteroatoms. The highest BCUT2D eigenvalue weighted by molar-refractivity contribution is 9.10. The number of nitrogens with one attached hydrogen (secondary N) is 1. The molecule has 0 radical (unpaired) electrons. The van der Waals surface area contributed by atoms with E-state index in [0.717, 1.165) is 23.0 Å². The van der Waals surface area contributed by atoms with Crippen molar-refractivity contribution in [2.24, 2.45) is 0 Å². The molecule has 2 aromatic rings. The molecule has 2 heterocycles. The van der Waals surface area contributed by atoms with E-state index < -0.39 is 5.69 Å². The van der Waals surface area contributed by atoms with Crippen molar-refractivity contribution < 1.29 is 0 Å². The first-order valence-corrected chi connectivity index (χ1v) is 5.40. The van der Waals surface area contributed by atoms with Gasteiger partial charge in [-0.2, -0.15) is 14.6 Å². The Morgan fingerprint density at radius 1 is 1.53 bits per heavy atom. The highest BCUT2D eigenvalue weighted by atomic mass is 79.9. The van der Waals surface area contributed by atoms with Crippen molar-refractivity contribution in [2.75, 3.05) is 5.73 Å². The Hall–Kier alpha value is -1.37. The highest BCUT2D eigenvalue weighted by Gasteiger charge is 2.30. The summed E-state index contributed by atoms with van der Waals surface area (Å²) < 4.78 is 2.27. The lowest BCUT2D eigenvalue weighted by molar-refractivity contribution is 0.853. The molecule has 1 fully saturated rings. The summed E-state index contributed by atoms with van der Waals surface area (Å²) in [5.41, 5.74) is 6.68. The standard InChI is InChI=1S/C8H8BrN5O/c9-4-5(3-1-2-3)13-14-6(4)11-8(15)12-7(14)10/h3H,1-2H2,(H3,10,11,12,15). The number of hydrogen-bond acceptors (Lipinski definition) is 4. The van der Waals surface area contributed by atoms with E-state index in [-0.39, 0.29) is 5.95 Å². The van der Waals surface area contributed by atoms with E-state index in [1.165, 1.54) is 4.52 Å².